The van der Waals surface area contributed by atoms with E-state index in [9.17, 15) is 14.7 Å². The molecule has 1 aliphatic carbocycles. The molecule has 1 aromatic carbocycles. The first kappa shape index (κ1) is 13.3. The number of carboxylic acids is 1. The van der Waals surface area contributed by atoms with Crippen molar-refractivity contribution in [2.75, 3.05) is 13.1 Å². The van der Waals surface area contributed by atoms with E-state index in [-0.39, 0.29) is 12.0 Å². The zero-order valence-corrected chi connectivity index (χ0v) is 11.4. The van der Waals surface area contributed by atoms with E-state index in [0.717, 1.165) is 37.7 Å². The fraction of sp³-hybridized carbons (Fsp3) is 0.500. The van der Waals surface area contributed by atoms with E-state index in [1.807, 2.05) is 30.3 Å². The second-order valence-electron chi connectivity index (χ2n) is 5.93. The maximum atomic E-state index is 11.4. The highest BCUT2D eigenvalue weighted by Crippen LogP contribution is 2.55. The summed E-state index contributed by atoms with van der Waals surface area (Å²) >= 11 is 0. The van der Waals surface area contributed by atoms with Crippen LogP contribution in [0.2, 0.25) is 0 Å². The van der Waals surface area contributed by atoms with Gasteiger partial charge in [-0.1, -0.05) is 30.3 Å². The van der Waals surface area contributed by atoms with Gasteiger partial charge in [-0.3, -0.25) is 9.69 Å². The molecule has 4 heteroatoms. The number of benzene rings is 1. The maximum absolute atomic E-state index is 11.4. The van der Waals surface area contributed by atoms with Crippen molar-refractivity contribution in [2.24, 2.45) is 11.3 Å². The van der Waals surface area contributed by atoms with Gasteiger partial charge < -0.3 is 9.90 Å². The maximum Gasteiger partial charge on any atom is 0.309 e. The minimum absolute atomic E-state index is 0.186. The molecular formula is C16H19NO3. The second-order valence-corrected chi connectivity index (χ2v) is 5.93. The summed E-state index contributed by atoms with van der Waals surface area (Å²) in [6, 6.07) is 9.46. The van der Waals surface area contributed by atoms with Crippen LogP contribution in [-0.2, 0) is 9.59 Å². The molecule has 1 aliphatic heterocycles. The van der Waals surface area contributed by atoms with Crippen molar-refractivity contribution in [1.82, 2.24) is 4.90 Å². The minimum atomic E-state index is -0.660. The summed E-state index contributed by atoms with van der Waals surface area (Å²) in [5.74, 6) is -0.474. The van der Waals surface area contributed by atoms with Gasteiger partial charge in [0.25, 0.3) is 0 Å². The fourth-order valence-corrected chi connectivity index (χ4v) is 3.45. The van der Waals surface area contributed by atoms with Gasteiger partial charge in [0, 0.05) is 6.54 Å². The summed E-state index contributed by atoms with van der Waals surface area (Å²) < 4.78 is 0. The number of hydrogen-bond acceptors (Lipinski definition) is 3. The zero-order chi connectivity index (χ0) is 14.2. The van der Waals surface area contributed by atoms with Gasteiger partial charge in [-0.05, 0) is 37.3 Å². The Kier molecular flexibility index (Phi) is 3.34. The number of carbonyl (C=O) groups excluding carboxylic acids is 1. The zero-order valence-electron chi connectivity index (χ0n) is 11.4. The Balaban J connectivity index is 1.73. The van der Waals surface area contributed by atoms with Gasteiger partial charge in [-0.2, -0.15) is 0 Å². The van der Waals surface area contributed by atoms with Crippen LogP contribution in [0.1, 0.15) is 30.9 Å². The quantitative estimate of drug-likeness (QED) is 0.835. The Hall–Kier alpha value is -1.68. The summed E-state index contributed by atoms with van der Waals surface area (Å²) in [6.07, 6.45) is 3.43. The molecule has 3 rings (SSSR count). The van der Waals surface area contributed by atoms with Crippen molar-refractivity contribution < 1.29 is 14.7 Å². The largest absolute Gasteiger partial charge is 0.481 e. The first-order valence-electron chi connectivity index (χ1n) is 7.15. The van der Waals surface area contributed by atoms with Crippen molar-refractivity contribution in [3.8, 4) is 0 Å². The molecule has 1 aromatic rings. The first-order chi connectivity index (χ1) is 9.67. The van der Waals surface area contributed by atoms with Crippen molar-refractivity contribution in [1.29, 1.82) is 0 Å². The van der Waals surface area contributed by atoms with Crippen molar-refractivity contribution >= 4 is 12.3 Å². The number of nitrogens with zero attached hydrogens (tertiary/aromatic N) is 1. The van der Waals surface area contributed by atoms with Gasteiger partial charge >= 0.3 is 5.97 Å². The normalized spacial score (nSPS) is 26.1. The molecule has 0 amide bonds. The third kappa shape index (κ3) is 2.14. The van der Waals surface area contributed by atoms with Crippen molar-refractivity contribution in [3.05, 3.63) is 35.9 Å². The van der Waals surface area contributed by atoms with Crippen molar-refractivity contribution in [2.45, 2.75) is 25.3 Å². The van der Waals surface area contributed by atoms with Crippen molar-refractivity contribution in [3.63, 3.8) is 0 Å². The molecule has 0 aromatic heterocycles. The lowest BCUT2D eigenvalue weighted by Gasteiger charge is -2.25. The molecule has 0 spiro atoms. The number of likely N-dealkylation sites (tertiary alicyclic amines) is 1. The van der Waals surface area contributed by atoms with E-state index in [0.29, 0.717) is 6.54 Å². The molecule has 2 aliphatic rings. The van der Waals surface area contributed by atoms with Crippen LogP contribution in [0.4, 0.5) is 0 Å². The molecule has 1 saturated carbocycles. The van der Waals surface area contributed by atoms with Crippen LogP contribution in [0.25, 0.3) is 0 Å². The van der Waals surface area contributed by atoms with Crippen LogP contribution in [0, 0.1) is 11.3 Å². The molecule has 1 N–H and O–H groups in total. The van der Waals surface area contributed by atoms with E-state index in [4.69, 9.17) is 0 Å². The average molecular weight is 273 g/mol. The smallest absolute Gasteiger partial charge is 0.309 e. The predicted molar refractivity (Wildman–Crippen MR) is 74.2 cm³/mol. The Bertz CT molecular complexity index is 510. The van der Waals surface area contributed by atoms with Crippen LogP contribution >= 0.6 is 0 Å². The van der Waals surface area contributed by atoms with Gasteiger partial charge in [0.05, 0.1) is 11.5 Å². The van der Waals surface area contributed by atoms with Crippen LogP contribution in [0.15, 0.2) is 30.3 Å². The van der Waals surface area contributed by atoms with Gasteiger partial charge in [0.15, 0.2) is 0 Å². The van der Waals surface area contributed by atoms with E-state index in [1.165, 1.54) is 0 Å². The molecule has 2 unspecified atom stereocenters. The first-order valence-corrected chi connectivity index (χ1v) is 7.15. The lowest BCUT2D eigenvalue weighted by atomic mass is 9.88. The van der Waals surface area contributed by atoms with Gasteiger partial charge in [0.2, 0.25) is 0 Å². The van der Waals surface area contributed by atoms with Gasteiger partial charge in [0.1, 0.15) is 6.29 Å². The molecule has 1 heterocycles. The van der Waals surface area contributed by atoms with Gasteiger partial charge in [-0.15, -0.1) is 0 Å². The summed E-state index contributed by atoms with van der Waals surface area (Å²) in [4.78, 5) is 25.0. The topological polar surface area (TPSA) is 57.6 Å². The molecule has 106 valence electrons. The standard InChI is InChI=1S/C16H19NO3/c18-11-14(12-4-2-1-3-5-12)17-9-6-13(10-17)16(7-8-16)15(19)20/h1-5,11,13-14H,6-10H2,(H,19,20). The molecule has 0 radical (unpaired) electrons. The van der Waals surface area contributed by atoms with Crippen LogP contribution in [0.3, 0.4) is 0 Å². The van der Waals surface area contributed by atoms with Crippen LogP contribution < -0.4 is 0 Å². The third-order valence-corrected chi connectivity index (χ3v) is 4.88. The summed E-state index contributed by atoms with van der Waals surface area (Å²) in [7, 11) is 0. The predicted octanol–water partition coefficient (Wildman–Crippen LogP) is 2.11. The van der Waals surface area contributed by atoms with E-state index in [2.05, 4.69) is 4.90 Å². The number of carboxylic acid groups (broad SMARTS) is 1. The Labute approximate surface area is 118 Å². The van der Waals surface area contributed by atoms with E-state index >= 15 is 0 Å². The lowest BCUT2D eigenvalue weighted by Crippen LogP contribution is -2.31. The summed E-state index contributed by atoms with van der Waals surface area (Å²) in [5.41, 5.74) is 0.488. The SMILES string of the molecule is O=CC(c1ccccc1)N1CCC(C2(C(=O)O)CC2)C1. The molecule has 0 bridgehead atoms. The summed E-state index contributed by atoms with van der Waals surface area (Å²) in [5, 5.41) is 9.38. The van der Waals surface area contributed by atoms with Crippen LogP contribution in [-0.4, -0.2) is 35.4 Å². The monoisotopic (exact) mass is 273 g/mol. The molecule has 1 saturated heterocycles. The Morgan fingerprint density at radius 2 is 2.05 bits per heavy atom. The Morgan fingerprint density at radius 3 is 2.60 bits per heavy atom. The minimum Gasteiger partial charge on any atom is -0.481 e. The highest BCUT2D eigenvalue weighted by molar-refractivity contribution is 5.78. The fourth-order valence-electron chi connectivity index (χ4n) is 3.45. The molecular weight excluding hydrogens is 254 g/mol. The number of rotatable bonds is 5. The number of hydrogen-bond donors (Lipinski definition) is 1. The summed E-state index contributed by atoms with van der Waals surface area (Å²) in [6.45, 7) is 1.52. The molecule has 2 fully saturated rings. The van der Waals surface area contributed by atoms with E-state index < -0.39 is 11.4 Å². The Morgan fingerprint density at radius 1 is 1.35 bits per heavy atom. The number of carbonyl (C=O) groups is 2. The molecule has 2 atom stereocenters. The average Bonchev–Trinajstić information content (AvgIpc) is 3.15. The number of aliphatic carboxylic acids is 1. The molecule has 20 heavy (non-hydrogen) atoms. The highest BCUT2D eigenvalue weighted by Gasteiger charge is 2.57. The number of aldehydes is 1. The van der Waals surface area contributed by atoms with Crippen LogP contribution in [0.5, 0.6) is 0 Å². The lowest BCUT2D eigenvalue weighted by molar-refractivity contribution is -0.145. The molecule has 4 nitrogen and oxygen atoms in total. The second kappa shape index (κ2) is 5.02. The third-order valence-electron chi connectivity index (χ3n) is 4.88. The highest BCUT2D eigenvalue weighted by atomic mass is 16.4. The van der Waals surface area contributed by atoms with E-state index in [1.54, 1.807) is 0 Å². The van der Waals surface area contributed by atoms with Gasteiger partial charge in [-0.25, -0.2) is 0 Å².